The SMILES string of the molecule is CCCCc1ccc(OCC(=O)NN=Cc2ccc(OC(=O)c3ccc(Cl)cc3Cl)c(OC)c2)cc1. The highest BCUT2D eigenvalue weighted by Crippen LogP contribution is 2.30. The summed E-state index contributed by atoms with van der Waals surface area (Å²) in [7, 11) is 1.44. The second-order valence-electron chi connectivity index (χ2n) is 7.75. The average Bonchev–Trinajstić information content (AvgIpc) is 2.87. The van der Waals surface area contributed by atoms with Crippen LogP contribution in [0.3, 0.4) is 0 Å². The van der Waals surface area contributed by atoms with Crippen molar-refractivity contribution in [2.24, 2.45) is 5.10 Å². The Morgan fingerprint density at radius 2 is 1.78 bits per heavy atom. The minimum atomic E-state index is -0.653. The van der Waals surface area contributed by atoms with Crippen molar-refractivity contribution in [3.63, 3.8) is 0 Å². The summed E-state index contributed by atoms with van der Waals surface area (Å²) < 4.78 is 16.2. The fraction of sp³-hybridized carbons (Fsp3) is 0.222. The second kappa shape index (κ2) is 13.5. The van der Waals surface area contributed by atoms with Crippen LogP contribution in [0.4, 0.5) is 0 Å². The molecule has 0 saturated heterocycles. The molecule has 9 heteroatoms. The summed E-state index contributed by atoms with van der Waals surface area (Å²) in [5, 5.41) is 4.53. The van der Waals surface area contributed by atoms with E-state index in [9.17, 15) is 9.59 Å². The number of aryl methyl sites for hydroxylation is 1. The normalized spacial score (nSPS) is 10.8. The zero-order valence-electron chi connectivity index (χ0n) is 19.9. The predicted molar refractivity (Wildman–Crippen MR) is 141 cm³/mol. The van der Waals surface area contributed by atoms with Crippen molar-refractivity contribution in [2.45, 2.75) is 26.2 Å². The Labute approximate surface area is 220 Å². The van der Waals surface area contributed by atoms with Crippen molar-refractivity contribution in [3.05, 3.63) is 87.4 Å². The molecule has 0 aliphatic heterocycles. The number of halogens is 2. The number of amides is 1. The summed E-state index contributed by atoms with van der Waals surface area (Å²) in [5.74, 6) is 0.0558. The molecule has 0 aliphatic carbocycles. The third-order valence-corrected chi connectivity index (χ3v) is 5.60. The lowest BCUT2D eigenvalue weighted by molar-refractivity contribution is -0.123. The van der Waals surface area contributed by atoms with E-state index < -0.39 is 11.9 Å². The molecule has 0 radical (unpaired) electrons. The molecule has 0 unspecified atom stereocenters. The van der Waals surface area contributed by atoms with E-state index in [0.717, 1.165) is 19.3 Å². The van der Waals surface area contributed by atoms with Gasteiger partial charge in [0.1, 0.15) is 5.75 Å². The summed E-state index contributed by atoms with van der Waals surface area (Å²) in [6.07, 6.45) is 4.74. The topological polar surface area (TPSA) is 86.2 Å². The zero-order valence-corrected chi connectivity index (χ0v) is 21.4. The van der Waals surface area contributed by atoms with Crippen molar-refractivity contribution in [2.75, 3.05) is 13.7 Å². The summed E-state index contributed by atoms with van der Waals surface area (Å²) >= 11 is 11.9. The third-order valence-electron chi connectivity index (χ3n) is 5.06. The van der Waals surface area contributed by atoms with Crippen LogP contribution in [-0.4, -0.2) is 31.8 Å². The lowest BCUT2D eigenvalue weighted by Gasteiger charge is -2.10. The van der Waals surface area contributed by atoms with E-state index in [1.165, 1.54) is 31.0 Å². The number of nitrogens with one attached hydrogen (secondary N) is 1. The molecule has 7 nitrogen and oxygen atoms in total. The third kappa shape index (κ3) is 8.00. The molecule has 0 spiro atoms. The maximum atomic E-state index is 12.5. The van der Waals surface area contributed by atoms with Gasteiger partial charge in [-0.25, -0.2) is 10.2 Å². The first kappa shape index (κ1) is 27.0. The Morgan fingerprint density at radius 3 is 2.47 bits per heavy atom. The molecule has 0 fully saturated rings. The van der Waals surface area contributed by atoms with Gasteiger partial charge in [-0.2, -0.15) is 5.10 Å². The molecule has 0 saturated carbocycles. The molecule has 0 bridgehead atoms. The lowest BCUT2D eigenvalue weighted by atomic mass is 10.1. The van der Waals surface area contributed by atoms with E-state index in [-0.39, 0.29) is 22.9 Å². The summed E-state index contributed by atoms with van der Waals surface area (Å²) in [6.45, 7) is 1.98. The van der Waals surface area contributed by atoms with Gasteiger partial charge in [-0.1, -0.05) is 48.7 Å². The Bertz CT molecular complexity index is 1230. The van der Waals surface area contributed by atoms with Crippen LogP contribution in [0.1, 0.15) is 41.3 Å². The Hall–Kier alpha value is -3.55. The lowest BCUT2D eigenvalue weighted by Crippen LogP contribution is -2.24. The van der Waals surface area contributed by atoms with E-state index in [2.05, 4.69) is 17.5 Å². The highest BCUT2D eigenvalue weighted by Gasteiger charge is 2.16. The first-order valence-electron chi connectivity index (χ1n) is 11.3. The molecule has 1 N–H and O–H groups in total. The van der Waals surface area contributed by atoms with Gasteiger partial charge in [0.15, 0.2) is 18.1 Å². The van der Waals surface area contributed by atoms with Crippen LogP contribution in [0.5, 0.6) is 17.2 Å². The van der Waals surface area contributed by atoms with Crippen LogP contribution in [0.2, 0.25) is 10.0 Å². The highest BCUT2D eigenvalue weighted by atomic mass is 35.5. The van der Waals surface area contributed by atoms with E-state index >= 15 is 0 Å². The summed E-state index contributed by atoms with van der Waals surface area (Å²) in [5.41, 5.74) is 4.43. The van der Waals surface area contributed by atoms with Gasteiger partial charge < -0.3 is 14.2 Å². The van der Waals surface area contributed by atoms with Crippen molar-refractivity contribution in [3.8, 4) is 17.2 Å². The van der Waals surface area contributed by atoms with Crippen molar-refractivity contribution >= 4 is 41.3 Å². The molecule has 1 amide bonds. The fourth-order valence-electron chi connectivity index (χ4n) is 3.15. The number of esters is 1. The maximum Gasteiger partial charge on any atom is 0.345 e. The molecular formula is C27H26Cl2N2O5. The molecule has 36 heavy (non-hydrogen) atoms. The quantitative estimate of drug-likeness (QED) is 0.141. The van der Waals surface area contributed by atoms with Gasteiger partial charge >= 0.3 is 5.97 Å². The first-order valence-corrected chi connectivity index (χ1v) is 12.0. The largest absolute Gasteiger partial charge is 0.493 e. The Balaban J connectivity index is 1.52. The molecule has 0 atom stereocenters. The Morgan fingerprint density at radius 1 is 1.00 bits per heavy atom. The molecule has 0 aliphatic rings. The fourth-order valence-corrected chi connectivity index (χ4v) is 3.64. The number of nitrogens with zero attached hydrogens (tertiary/aromatic N) is 1. The number of hydrogen-bond donors (Lipinski definition) is 1. The van der Waals surface area contributed by atoms with E-state index in [4.69, 9.17) is 37.4 Å². The summed E-state index contributed by atoms with van der Waals surface area (Å²) in [4.78, 5) is 24.5. The predicted octanol–water partition coefficient (Wildman–Crippen LogP) is 6.09. The van der Waals surface area contributed by atoms with Gasteiger partial charge in [0.25, 0.3) is 5.91 Å². The highest BCUT2D eigenvalue weighted by molar-refractivity contribution is 6.36. The smallest absolute Gasteiger partial charge is 0.345 e. The molecule has 3 aromatic carbocycles. The van der Waals surface area contributed by atoms with Crippen molar-refractivity contribution in [1.82, 2.24) is 5.43 Å². The minimum Gasteiger partial charge on any atom is -0.493 e. The number of hydrogen-bond acceptors (Lipinski definition) is 6. The summed E-state index contributed by atoms with van der Waals surface area (Å²) in [6, 6.07) is 17.0. The minimum absolute atomic E-state index is 0.170. The molecule has 0 aromatic heterocycles. The molecule has 0 heterocycles. The molecule has 3 aromatic rings. The first-order chi connectivity index (χ1) is 17.4. The van der Waals surface area contributed by atoms with E-state index in [1.54, 1.807) is 24.3 Å². The van der Waals surface area contributed by atoms with Crippen molar-refractivity contribution in [1.29, 1.82) is 0 Å². The Kier molecular flexibility index (Phi) is 10.2. The van der Waals surface area contributed by atoms with Crippen LogP contribution in [0.25, 0.3) is 0 Å². The van der Waals surface area contributed by atoms with Crippen molar-refractivity contribution < 1.29 is 23.8 Å². The van der Waals surface area contributed by atoms with Crippen LogP contribution in [0.15, 0.2) is 65.8 Å². The number of unbranched alkanes of at least 4 members (excludes halogenated alkanes) is 1. The van der Waals surface area contributed by atoms with Gasteiger partial charge in [0.2, 0.25) is 0 Å². The van der Waals surface area contributed by atoms with Gasteiger partial charge in [-0.05, 0) is 72.5 Å². The number of benzene rings is 3. The van der Waals surface area contributed by atoms with Crippen LogP contribution in [-0.2, 0) is 11.2 Å². The maximum absolute atomic E-state index is 12.5. The number of rotatable bonds is 11. The van der Waals surface area contributed by atoms with Crippen LogP contribution < -0.4 is 19.6 Å². The molecule has 3 rings (SSSR count). The number of methoxy groups -OCH3 is 1. The monoisotopic (exact) mass is 528 g/mol. The van der Waals surface area contributed by atoms with Crippen LogP contribution in [0, 0.1) is 0 Å². The van der Waals surface area contributed by atoms with Gasteiger partial charge in [0.05, 0.1) is 23.9 Å². The number of carbonyl (C=O) groups is 2. The van der Waals surface area contributed by atoms with E-state index in [0.29, 0.717) is 22.1 Å². The van der Waals surface area contributed by atoms with Gasteiger partial charge in [0, 0.05) is 5.02 Å². The number of hydrazone groups is 1. The number of ether oxygens (including phenoxy) is 3. The van der Waals surface area contributed by atoms with Crippen LogP contribution >= 0.6 is 23.2 Å². The molecular weight excluding hydrogens is 503 g/mol. The average molecular weight is 529 g/mol. The standard InChI is InChI=1S/C27H26Cl2N2O5/c1-3-4-5-18-6-10-21(11-7-18)35-17-26(32)31-30-16-19-8-13-24(25(14-19)34-2)36-27(33)22-12-9-20(28)15-23(22)29/h6-16H,3-5,17H2,1-2H3,(H,31,32). The van der Waals surface area contributed by atoms with Gasteiger partial charge in [-0.15, -0.1) is 0 Å². The van der Waals surface area contributed by atoms with E-state index in [1.807, 2.05) is 24.3 Å². The number of carbonyl (C=O) groups excluding carboxylic acids is 2. The molecule has 188 valence electrons. The van der Waals surface area contributed by atoms with Gasteiger partial charge in [-0.3, -0.25) is 4.79 Å². The second-order valence-corrected chi connectivity index (χ2v) is 8.60. The zero-order chi connectivity index (χ0) is 25.9.